The Hall–Kier alpha value is -2.37. The second kappa shape index (κ2) is 8.47. The number of carbonyl (C=O) groups is 1. The molecular weight excluding hydrogens is 302 g/mol. The highest BCUT2D eigenvalue weighted by atomic mass is 16.1. The van der Waals surface area contributed by atoms with Gasteiger partial charge in [-0.3, -0.25) is 9.48 Å². The number of amides is 1. The normalized spacial score (nSPS) is 14.6. The lowest BCUT2D eigenvalue weighted by Crippen LogP contribution is -2.29. The van der Waals surface area contributed by atoms with E-state index in [2.05, 4.69) is 44.6 Å². The molecule has 0 atom stereocenters. The minimum Gasteiger partial charge on any atom is -0.372 e. The molecule has 1 fully saturated rings. The molecule has 1 amide bonds. The number of anilines is 1. The van der Waals surface area contributed by atoms with Gasteiger partial charge >= 0.3 is 0 Å². The highest BCUT2D eigenvalue weighted by molar-refractivity contribution is 5.75. The van der Waals surface area contributed by atoms with Crippen LogP contribution in [0.3, 0.4) is 0 Å². The maximum atomic E-state index is 11.9. The molecule has 3 rings (SSSR count). The molecule has 128 valence electrons. The van der Waals surface area contributed by atoms with Crippen LogP contribution in [0.15, 0.2) is 36.9 Å². The molecular formula is C18H25N5O. The van der Waals surface area contributed by atoms with Crippen molar-refractivity contribution >= 4 is 11.6 Å². The number of carbonyl (C=O) groups excluding carboxylic acids is 1. The smallest absolute Gasteiger partial charge is 0.220 e. The lowest BCUT2D eigenvalue weighted by Gasteiger charge is -2.28. The second-order valence-electron chi connectivity index (χ2n) is 6.25. The van der Waals surface area contributed by atoms with Crippen LogP contribution in [0.4, 0.5) is 5.69 Å². The van der Waals surface area contributed by atoms with Gasteiger partial charge in [-0.2, -0.15) is 5.10 Å². The van der Waals surface area contributed by atoms with Crippen LogP contribution in [-0.2, 0) is 17.9 Å². The van der Waals surface area contributed by atoms with Crippen molar-refractivity contribution < 1.29 is 4.79 Å². The summed E-state index contributed by atoms with van der Waals surface area (Å²) >= 11 is 0. The fourth-order valence-corrected chi connectivity index (χ4v) is 3.02. The molecule has 6 nitrogen and oxygen atoms in total. The van der Waals surface area contributed by atoms with Crippen LogP contribution in [0.25, 0.3) is 0 Å². The summed E-state index contributed by atoms with van der Waals surface area (Å²) in [6.07, 6.45) is 8.36. The number of rotatable bonds is 7. The van der Waals surface area contributed by atoms with Crippen LogP contribution in [0, 0.1) is 0 Å². The van der Waals surface area contributed by atoms with Crippen molar-refractivity contribution in [1.29, 1.82) is 0 Å². The molecule has 1 aliphatic rings. The molecule has 0 aliphatic carbocycles. The molecule has 24 heavy (non-hydrogen) atoms. The Bertz CT molecular complexity index is 617. The molecule has 1 N–H and O–H groups in total. The monoisotopic (exact) mass is 327 g/mol. The highest BCUT2D eigenvalue weighted by Gasteiger charge is 2.10. The van der Waals surface area contributed by atoms with Gasteiger partial charge < -0.3 is 10.2 Å². The Morgan fingerprint density at radius 1 is 1.12 bits per heavy atom. The van der Waals surface area contributed by atoms with Gasteiger partial charge in [-0.1, -0.05) is 12.1 Å². The van der Waals surface area contributed by atoms with Crippen molar-refractivity contribution in [3.05, 3.63) is 42.5 Å². The lowest BCUT2D eigenvalue weighted by molar-refractivity contribution is -0.121. The van der Waals surface area contributed by atoms with Crippen LogP contribution in [-0.4, -0.2) is 33.8 Å². The minimum atomic E-state index is 0.0789. The van der Waals surface area contributed by atoms with E-state index in [0.29, 0.717) is 13.0 Å². The molecule has 1 aliphatic heterocycles. The largest absolute Gasteiger partial charge is 0.372 e. The molecule has 1 saturated heterocycles. The van der Waals surface area contributed by atoms with E-state index in [1.165, 1.54) is 31.3 Å². The van der Waals surface area contributed by atoms with Gasteiger partial charge in [-0.05, 0) is 43.4 Å². The van der Waals surface area contributed by atoms with Gasteiger partial charge in [-0.25, -0.2) is 4.98 Å². The first-order valence-electron chi connectivity index (χ1n) is 8.74. The van der Waals surface area contributed by atoms with Crippen molar-refractivity contribution in [3.8, 4) is 0 Å². The van der Waals surface area contributed by atoms with Crippen molar-refractivity contribution in [2.45, 2.75) is 45.2 Å². The Labute approximate surface area is 142 Å². The predicted molar refractivity (Wildman–Crippen MR) is 93.6 cm³/mol. The molecule has 0 bridgehead atoms. The Morgan fingerprint density at radius 2 is 1.92 bits per heavy atom. The summed E-state index contributed by atoms with van der Waals surface area (Å²) in [5.41, 5.74) is 2.43. The number of nitrogens with zero attached hydrogens (tertiary/aromatic N) is 4. The number of hydrogen-bond acceptors (Lipinski definition) is 4. The third-order valence-corrected chi connectivity index (χ3v) is 4.40. The van der Waals surface area contributed by atoms with E-state index >= 15 is 0 Å². The van der Waals surface area contributed by atoms with E-state index in [9.17, 15) is 4.79 Å². The Morgan fingerprint density at radius 3 is 2.62 bits per heavy atom. The van der Waals surface area contributed by atoms with Crippen LogP contribution in [0.2, 0.25) is 0 Å². The van der Waals surface area contributed by atoms with Gasteiger partial charge in [0.05, 0.1) is 0 Å². The van der Waals surface area contributed by atoms with E-state index in [4.69, 9.17) is 0 Å². The van der Waals surface area contributed by atoms with Crippen LogP contribution >= 0.6 is 0 Å². The molecule has 2 aromatic rings. The number of nitrogens with one attached hydrogen (secondary N) is 1. The Balaban J connectivity index is 1.38. The van der Waals surface area contributed by atoms with Gasteiger partial charge in [-0.15, -0.1) is 0 Å². The zero-order valence-corrected chi connectivity index (χ0v) is 14.0. The third-order valence-electron chi connectivity index (χ3n) is 4.40. The number of piperidine rings is 1. The van der Waals surface area contributed by atoms with Gasteiger partial charge in [0, 0.05) is 38.3 Å². The molecule has 6 heteroatoms. The predicted octanol–water partition coefficient (Wildman–Crippen LogP) is 2.37. The van der Waals surface area contributed by atoms with E-state index in [-0.39, 0.29) is 5.91 Å². The quantitative estimate of drug-likeness (QED) is 0.848. The second-order valence-corrected chi connectivity index (χ2v) is 6.25. The summed E-state index contributed by atoms with van der Waals surface area (Å²) in [5, 5.41) is 7.00. The lowest BCUT2D eigenvalue weighted by atomic mass is 10.1. The fourth-order valence-electron chi connectivity index (χ4n) is 3.02. The zero-order valence-electron chi connectivity index (χ0n) is 14.0. The van der Waals surface area contributed by atoms with Gasteiger partial charge in [0.1, 0.15) is 12.7 Å². The van der Waals surface area contributed by atoms with E-state index < -0.39 is 0 Å². The van der Waals surface area contributed by atoms with E-state index in [1.807, 2.05) is 0 Å². The number of benzene rings is 1. The van der Waals surface area contributed by atoms with Gasteiger partial charge in [0.25, 0.3) is 0 Å². The minimum absolute atomic E-state index is 0.0789. The van der Waals surface area contributed by atoms with Crippen molar-refractivity contribution in [3.63, 3.8) is 0 Å². The average Bonchev–Trinajstić information content (AvgIpc) is 3.15. The van der Waals surface area contributed by atoms with Gasteiger partial charge in [0.15, 0.2) is 0 Å². The van der Waals surface area contributed by atoms with Crippen molar-refractivity contribution in [2.75, 3.05) is 18.0 Å². The summed E-state index contributed by atoms with van der Waals surface area (Å²) in [4.78, 5) is 18.2. The van der Waals surface area contributed by atoms with Crippen molar-refractivity contribution in [2.24, 2.45) is 0 Å². The number of hydrogen-bond donors (Lipinski definition) is 1. The van der Waals surface area contributed by atoms with E-state index in [1.54, 1.807) is 11.0 Å². The highest BCUT2D eigenvalue weighted by Crippen LogP contribution is 2.20. The average molecular weight is 327 g/mol. The third kappa shape index (κ3) is 4.81. The van der Waals surface area contributed by atoms with Crippen LogP contribution in [0.5, 0.6) is 0 Å². The first-order valence-corrected chi connectivity index (χ1v) is 8.74. The first-order chi connectivity index (χ1) is 11.8. The van der Waals surface area contributed by atoms with E-state index in [0.717, 1.165) is 31.6 Å². The molecule has 0 spiro atoms. The number of aromatic nitrogens is 3. The molecule has 2 heterocycles. The summed E-state index contributed by atoms with van der Waals surface area (Å²) < 4.78 is 1.74. The SMILES string of the molecule is O=C(CCCn1cncn1)NCc1ccc(N2CCCCC2)cc1. The summed E-state index contributed by atoms with van der Waals surface area (Å²) in [6, 6.07) is 8.55. The molecule has 1 aromatic heterocycles. The first kappa shape index (κ1) is 16.5. The standard InChI is InChI=1S/C18H25N5O/c24-18(5-4-12-23-15-19-14-21-23)20-13-16-6-8-17(9-7-16)22-10-2-1-3-11-22/h6-9,14-15H,1-5,10-13H2,(H,20,24). The molecule has 0 unspecified atom stereocenters. The van der Waals surface area contributed by atoms with Crippen LogP contribution < -0.4 is 10.2 Å². The summed E-state index contributed by atoms with van der Waals surface area (Å²) in [6.45, 7) is 3.62. The number of aryl methyl sites for hydroxylation is 1. The molecule has 0 radical (unpaired) electrons. The Kier molecular flexibility index (Phi) is 5.82. The fraction of sp³-hybridized carbons (Fsp3) is 0.500. The molecule has 0 saturated carbocycles. The topological polar surface area (TPSA) is 63.1 Å². The summed E-state index contributed by atoms with van der Waals surface area (Å²) in [7, 11) is 0. The zero-order chi connectivity index (χ0) is 16.6. The maximum Gasteiger partial charge on any atom is 0.220 e. The maximum absolute atomic E-state index is 11.9. The van der Waals surface area contributed by atoms with Crippen LogP contribution in [0.1, 0.15) is 37.7 Å². The molecule has 1 aromatic carbocycles. The summed E-state index contributed by atoms with van der Waals surface area (Å²) in [5.74, 6) is 0.0789. The van der Waals surface area contributed by atoms with Gasteiger partial charge in [0.2, 0.25) is 5.91 Å². The van der Waals surface area contributed by atoms with Crippen molar-refractivity contribution in [1.82, 2.24) is 20.1 Å².